The zero-order valence-electron chi connectivity index (χ0n) is 7.36. The summed E-state index contributed by atoms with van der Waals surface area (Å²) in [6.45, 7) is 0. The molecule has 3 N–H and O–H groups in total. The summed E-state index contributed by atoms with van der Waals surface area (Å²) >= 11 is 0. The molecule has 0 fully saturated rings. The van der Waals surface area contributed by atoms with Crippen molar-refractivity contribution in [2.45, 2.75) is 19.3 Å². The Morgan fingerprint density at radius 3 is 2.85 bits per heavy atom. The van der Waals surface area contributed by atoms with E-state index in [1.54, 1.807) is 0 Å². The Morgan fingerprint density at radius 1 is 1.46 bits per heavy atom. The van der Waals surface area contributed by atoms with Crippen molar-refractivity contribution in [1.82, 2.24) is 0 Å². The number of aryl methyl sites for hydroxylation is 1. The molecule has 13 heavy (non-hydrogen) atoms. The molecule has 0 heterocycles. The maximum Gasteiger partial charge on any atom is 0.303 e. The van der Waals surface area contributed by atoms with Crippen LogP contribution in [0.2, 0.25) is 0 Å². The third-order valence-corrected chi connectivity index (χ3v) is 1.81. The molecule has 0 bridgehead atoms. The highest BCUT2D eigenvalue weighted by Crippen LogP contribution is 2.09. The molecule has 70 valence electrons. The summed E-state index contributed by atoms with van der Waals surface area (Å²) in [6.07, 6.45) is 1.66. The molecule has 1 rings (SSSR count). The predicted octanol–water partition coefficient (Wildman–Crippen LogP) is 1.68. The van der Waals surface area contributed by atoms with Crippen LogP contribution in [0.4, 0.5) is 5.69 Å². The summed E-state index contributed by atoms with van der Waals surface area (Å²) in [4.78, 5) is 10.2. The number of aliphatic carboxylic acids is 1. The number of nitrogens with two attached hydrogens (primary N) is 1. The highest BCUT2D eigenvalue weighted by molar-refractivity contribution is 5.66. The Balaban J connectivity index is 2.41. The smallest absolute Gasteiger partial charge is 0.303 e. The van der Waals surface area contributed by atoms with Gasteiger partial charge in [0, 0.05) is 12.1 Å². The van der Waals surface area contributed by atoms with Crippen LogP contribution in [0.5, 0.6) is 0 Å². The van der Waals surface area contributed by atoms with E-state index in [4.69, 9.17) is 10.8 Å². The maximum absolute atomic E-state index is 10.2. The number of hydrogen-bond acceptors (Lipinski definition) is 2. The Kier molecular flexibility index (Phi) is 3.31. The molecule has 3 heteroatoms. The van der Waals surface area contributed by atoms with Gasteiger partial charge in [-0.25, -0.2) is 0 Å². The average Bonchev–Trinajstić information content (AvgIpc) is 2.03. The van der Waals surface area contributed by atoms with E-state index in [-0.39, 0.29) is 6.42 Å². The third-order valence-electron chi connectivity index (χ3n) is 1.81. The van der Waals surface area contributed by atoms with Gasteiger partial charge < -0.3 is 10.8 Å². The van der Waals surface area contributed by atoms with E-state index in [1.807, 2.05) is 24.3 Å². The molecule has 1 aromatic rings. The number of carboxylic acids is 1. The van der Waals surface area contributed by atoms with Crippen LogP contribution in [0.15, 0.2) is 24.3 Å². The van der Waals surface area contributed by atoms with E-state index in [0.717, 1.165) is 17.7 Å². The lowest BCUT2D eigenvalue weighted by molar-refractivity contribution is -0.137. The van der Waals surface area contributed by atoms with Gasteiger partial charge >= 0.3 is 5.97 Å². The molecule has 0 saturated heterocycles. The SMILES string of the molecule is Nc1cccc(CCCC(=O)O)c1. The fourth-order valence-electron chi connectivity index (χ4n) is 1.19. The van der Waals surface area contributed by atoms with Gasteiger partial charge in [0.25, 0.3) is 0 Å². The van der Waals surface area contributed by atoms with E-state index in [9.17, 15) is 4.79 Å². The molecule has 0 aliphatic heterocycles. The maximum atomic E-state index is 10.2. The minimum atomic E-state index is -0.746. The number of hydrogen-bond donors (Lipinski definition) is 2. The Labute approximate surface area is 77.2 Å². The summed E-state index contributed by atoms with van der Waals surface area (Å²) < 4.78 is 0. The molecule has 1 aromatic carbocycles. The van der Waals surface area contributed by atoms with Gasteiger partial charge in [-0.15, -0.1) is 0 Å². The van der Waals surface area contributed by atoms with Crippen molar-refractivity contribution >= 4 is 11.7 Å². The van der Waals surface area contributed by atoms with Gasteiger partial charge in [-0.05, 0) is 30.5 Å². The van der Waals surface area contributed by atoms with Crippen molar-refractivity contribution < 1.29 is 9.90 Å². The molecular weight excluding hydrogens is 166 g/mol. The van der Waals surface area contributed by atoms with Crippen LogP contribution in [-0.2, 0) is 11.2 Å². The van der Waals surface area contributed by atoms with Crippen LogP contribution in [0.3, 0.4) is 0 Å². The summed E-state index contributed by atoms with van der Waals surface area (Å²) in [6, 6.07) is 7.53. The van der Waals surface area contributed by atoms with Crippen LogP contribution in [0.25, 0.3) is 0 Å². The molecular formula is C10H13NO2. The standard InChI is InChI=1S/C10H13NO2/c11-9-5-1-3-8(7-9)4-2-6-10(12)13/h1,3,5,7H,2,4,6,11H2,(H,12,13). The molecule has 0 spiro atoms. The third kappa shape index (κ3) is 3.60. The highest BCUT2D eigenvalue weighted by Gasteiger charge is 1.98. The summed E-state index contributed by atoms with van der Waals surface area (Å²) in [5, 5.41) is 8.42. The lowest BCUT2D eigenvalue weighted by atomic mass is 10.1. The first-order valence-corrected chi connectivity index (χ1v) is 4.24. The Bertz CT molecular complexity index is 297. The monoisotopic (exact) mass is 179 g/mol. The van der Waals surface area contributed by atoms with Gasteiger partial charge in [0.05, 0.1) is 0 Å². The van der Waals surface area contributed by atoms with Crippen molar-refractivity contribution in [2.75, 3.05) is 5.73 Å². The Hall–Kier alpha value is -1.51. The van der Waals surface area contributed by atoms with Crippen molar-refractivity contribution in [3.63, 3.8) is 0 Å². The van der Waals surface area contributed by atoms with Crippen molar-refractivity contribution in [3.8, 4) is 0 Å². The number of anilines is 1. The fourth-order valence-corrected chi connectivity index (χ4v) is 1.19. The highest BCUT2D eigenvalue weighted by atomic mass is 16.4. The van der Waals surface area contributed by atoms with Crippen LogP contribution in [0, 0.1) is 0 Å². The minimum absolute atomic E-state index is 0.217. The molecule has 0 saturated carbocycles. The van der Waals surface area contributed by atoms with Gasteiger partial charge in [-0.3, -0.25) is 4.79 Å². The van der Waals surface area contributed by atoms with Gasteiger partial charge in [0.1, 0.15) is 0 Å². The largest absolute Gasteiger partial charge is 0.481 e. The second-order valence-electron chi connectivity index (χ2n) is 2.99. The molecule has 0 aliphatic carbocycles. The molecule has 0 radical (unpaired) electrons. The number of benzene rings is 1. The molecule has 0 aromatic heterocycles. The average molecular weight is 179 g/mol. The summed E-state index contributed by atoms with van der Waals surface area (Å²) in [5.74, 6) is -0.746. The van der Waals surface area contributed by atoms with Crippen molar-refractivity contribution in [1.29, 1.82) is 0 Å². The zero-order chi connectivity index (χ0) is 9.68. The second kappa shape index (κ2) is 4.50. The van der Waals surface area contributed by atoms with Crippen LogP contribution in [-0.4, -0.2) is 11.1 Å². The predicted molar refractivity (Wildman–Crippen MR) is 51.4 cm³/mol. The normalized spacial score (nSPS) is 9.85. The molecule has 0 unspecified atom stereocenters. The van der Waals surface area contributed by atoms with Crippen molar-refractivity contribution in [3.05, 3.63) is 29.8 Å². The van der Waals surface area contributed by atoms with E-state index in [2.05, 4.69) is 0 Å². The fraction of sp³-hybridized carbons (Fsp3) is 0.300. The van der Waals surface area contributed by atoms with Crippen molar-refractivity contribution in [2.24, 2.45) is 0 Å². The van der Waals surface area contributed by atoms with E-state index in [1.165, 1.54) is 0 Å². The molecule has 0 aliphatic rings. The summed E-state index contributed by atoms with van der Waals surface area (Å²) in [5.41, 5.74) is 7.40. The van der Waals surface area contributed by atoms with Gasteiger partial charge in [0.2, 0.25) is 0 Å². The first-order valence-electron chi connectivity index (χ1n) is 4.24. The lowest BCUT2D eigenvalue weighted by Crippen LogP contribution is -1.96. The van der Waals surface area contributed by atoms with E-state index >= 15 is 0 Å². The van der Waals surface area contributed by atoms with Gasteiger partial charge in [0.15, 0.2) is 0 Å². The van der Waals surface area contributed by atoms with Crippen LogP contribution in [0.1, 0.15) is 18.4 Å². The van der Waals surface area contributed by atoms with Crippen LogP contribution >= 0.6 is 0 Å². The minimum Gasteiger partial charge on any atom is -0.481 e. The number of nitrogen functional groups attached to an aromatic ring is 1. The molecule has 0 amide bonds. The molecule has 0 atom stereocenters. The van der Waals surface area contributed by atoms with Gasteiger partial charge in [-0.2, -0.15) is 0 Å². The zero-order valence-corrected chi connectivity index (χ0v) is 7.36. The molecule has 3 nitrogen and oxygen atoms in total. The summed E-state index contributed by atoms with van der Waals surface area (Å²) in [7, 11) is 0. The van der Waals surface area contributed by atoms with E-state index in [0.29, 0.717) is 6.42 Å². The first-order chi connectivity index (χ1) is 6.18. The van der Waals surface area contributed by atoms with Gasteiger partial charge in [-0.1, -0.05) is 12.1 Å². The number of rotatable bonds is 4. The number of carboxylic acid groups (broad SMARTS) is 1. The van der Waals surface area contributed by atoms with Crippen LogP contribution < -0.4 is 5.73 Å². The first kappa shape index (κ1) is 9.58. The Morgan fingerprint density at radius 2 is 2.23 bits per heavy atom. The quantitative estimate of drug-likeness (QED) is 0.691. The second-order valence-corrected chi connectivity index (χ2v) is 2.99. The van der Waals surface area contributed by atoms with E-state index < -0.39 is 5.97 Å². The topological polar surface area (TPSA) is 63.3 Å². The number of carbonyl (C=O) groups is 1. The lowest BCUT2D eigenvalue weighted by Gasteiger charge is -2.00.